The SMILES string of the molecule is COc1ccc(C(NC(=O)CSc2nnnn2C(C)C)C2CC2)cc1. The molecule has 0 spiro atoms. The van der Waals surface area contributed by atoms with E-state index in [2.05, 4.69) is 20.8 Å². The summed E-state index contributed by atoms with van der Waals surface area (Å²) in [4.78, 5) is 12.4. The number of thioether (sulfide) groups is 1. The fraction of sp³-hybridized carbons (Fsp3) is 0.529. The van der Waals surface area contributed by atoms with Crippen LogP contribution in [0, 0.1) is 5.92 Å². The number of rotatable bonds is 8. The van der Waals surface area contributed by atoms with Gasteiger partial charge in [0.15, 0.2) is 0 Å². The Morgan fingerprint density at radius 2 is 2.08 bits per heavy atom. The van der Waals surface area contributed by atoms with E-state index in [4.69, 9.17) is 4.74 Å². The van der Waals surface area contributed by atoms with Crippen molar-refractivity contribution >= 4 is 17.7 Å². The number of tetrazole rings is 1. The van der Waals surface area contributed by atoms with Crippen molar-refractivity contribution in [3.63, 3.8) is 0 Å². The largest absolute Gasteiger partial charge is 0.497 e. The first-order valence-corrected chi connectivity index (χ1v) is 9.41. The van der Waals surface area contributed by atoms with Gasteiger partial charge >= 0.3 is 0 Å². The minimum absolute atomic E-state index is 0.00368. The van der Waals surface area contributed by atoms with E-state index in [9.17, 15) is 4.79 Å². The highest BCUT2D eigenvalue weighted by Gasteiger charge is 2.33. The first-order chi connectivity index (χ1) is 12.1. The average molecular weight is 361 g/mol. The molecule has 1 heterocycles. The lowest BCUT2D eigenvalue weighted by atomic mass is 10.0. The second-order valence-corrected chi connectivity index (χ2v) is 7.39. The minimum Gasteiger partial charge on any atom is -0.497 e. The third-order valence-corrected chi connectivity index (χ3v) is 5.10. The molecule has 1 atom stereocenters. The van der Waals surface area contributed by atoms with Crippen LogP contribution < -0.4 is 10.1 Å². The van der Waals surface area contributed by atoms with Crippen molar-refractivity contribution in [2.75, 3.05) is 12.9 Å². The molecule has 1 aromatic carbocycles. The third-order valence-electron chi connectivity index (χ3n) is 4.17. The topological polar surface area (TPSA) is 81.9 Å². The van der Waals surface area contributed by atoms with Gasteiger partial charge in [-0.15, -0.1) is 5.10 Å². The number of ether oxygens (including phenoxy) is 1. The number of nitrogens with zero attached hydrogens (tertiary/aromatic N) is 4. The number of aromatic nitrogens is 4. The van der Waals surface area contributed by atoms with Crippen LogP contribution in [0.4, 0.5) is 0 Å². The van der Waals surface area contributed by atoms with E-state index in [1.165, 1.54) is 11.8 Å². The molecule has 1 amide bonds. The van der Waals surface area contributed by atoms with Crippen molar-refractivity contribution in [3.8, 4) is 5.75 Å². The Hall–Kier alpha value is -2.09. The van der Waals surface area contributed by atoms with Crippen LogP contribution in [0.2, 0.25) is 0 Å². The maximum Gasteiger partial charge on any atom is 0.230 e. The molecule has 0 saturated heterocycles. The van der Waals surface area contributed by atoms with Crippen LogP contribution in [0.3, 0.4) is 0 Å². The highest BCUT2D eigenvalue weighted by Crippen LogP contribution is 2.41. The number of nitrogens with one attached hydrogen (secondary N) is 1. The second-order valence-electron chi connectivity index (χ2n) is 6.44. The van der Waals surface area contributed by atoms with Crippen molar-refractivity contribution in [1.82, 2.24) is 25.5 Å². The fourth-order valence-electron chi connectivity index (χ4n) is 2.66. The number of benzene rings is 1. The van der Waals surface area contributed by atoms with Gasteiger partial charge in [0.2, 0.25) is 11.1 Å². The summed E-state index contributed by atoms with van der Waals surface area (Å²) in [7, 11) is 1.65. The standard InChI is InChI=1S/C17H23N5O2S/c1-11(2)22-17(19-20-21-22)25-10-15(23)18-16(12-4-5-12)13-6-8-14(24-3)9-7-13/h6-9,11-12,16H,4-5,10H2,1-3H3,(H,18,23). The predicted molar refractivity (Wildman–Crippen MR) is 95.5 cm³/mol. The summed E-state index contributed by atoms with van der Waals surface area (Å²) in [5.74, 6) is 1.63. The van der Waals surface area contributed by atoms with Gasteiger partial charge in [0.05, 0.1) is 24.9 Å². The molecular formula is C17H23N5O2S. The normalized spacial score (nSPS) is 15.2. The molecule has 0 aliphatic heterocycles. The van der Waals surface area contributed by atoms with Gasteiger partial charge < -0.3 is 10.1 Å². The lowest BCUT2D eigenvalue weighted by molar-refractivity contribution is -0.119. The van der Waals surface area contributed by atoms with Gasteiger partial charge in [-0.05, 0) is 60.7 Å². The van der Waals surface area contributed by atoms with E-state index in [1.807, 2.05) is 38.1 Å². The van der Waals surface area contributed by atoms with Crippen LogP contribution in [0.1, 0.15) is 44.3 Å². The van der Waals surface area contributed by atoms with E-state index >= 15 is 0 Å². The van der Waals surface area contributed by atoms with E-state index in [0.717, 1.165) is 24.2 Å². The second kappa shape index (κ2) is 7.86. The molecule has 1 aliphatic rings. The van der Waals surface area contributed by atoms with Crippen molar-refractivity contribution in [2.45, 2.75) is 43.9 Å². The molecule has 0 bridgehead atoms. The Balaban J connectivity index is 1.60. The Bertz CT molecular complexity index is 712. The van der Waals surface area contributed by atoms with Crippen molar-refractivity contribution in [3.05, 3.63) is 29.8 Å². The lowest BCUT2D eigenvalue weighted by Gasteiger charge is -2.19. The summed E-state index contributed by atoms with van der Waals surface area (Å²) in [5, 5.41) is 15.4. The Morgan fingerprint density at radius 1 is 1.36 bits per heavy atom. The highest BCUT2D eigenvalue weighted by molar-refractivity contribution is 7.99. The van der Waals surface area contributed by atoms with Gasteiger partial charge in [-0.25, -0.2) is 4.68 Å². The molecule has 25 heavy (non-hydrogen) atoms. The van der Waals surface area contributed by atoms with Crippen molar-refractivity contribution in [2.24, 2.45) is 5.92 Å². The summed E-state index contributed by atoms with van der Waals surface area (Å²) in [5.41, 5.74) is 1.12. The van der Waals surface area contributed by atoms with Crippen molar-refractivity contribution < 1.29 is 9.53 Å². The summed E-state index contributed by atoms with van der Waals surface area (Å²) < 4.78 is 6.93. The number of amides is 1. The van der Waals surface area contributed by atoms with Crippen LogP contribution in [0.5, 0.6) is 5.75 Å². The van der Waals surface area contributed by atoms with Gasteiger partial charge in [-0.2, -0.15) is 0 Å². The molecule has 8 heteroatoms. The van der Waals surface area contributed by atoms with E-state index < -0.39 is 0 Å². The quantitative estimate of drug-likeness (QED) is 0.728. The molecule has 3 rings (SSSR count). The Morgan fingerprint density at radius 3 is 2.68 bits per heavy atom. The van der Waals surface area contributed by atoms with Gasteiger partial charge in [0, 0.05) is 0 Å². The first kappa shape index (κ1) is 17.7. The van der Waals surface area contributed by atoms with E-state index in [1.54, 1.807) is 11.8 Å². The number of methoxy groups -OCH3 is 1. The number of hydrogen-bond acceptors (Lipinski definition) is 6. The highest BCUT2D eigenvalue weighted by atomic mass is 32.2. The maximum absolute atomic E-state index is 12.4. The van der Waals surface area contributed by atoms with E-state index in [-0.39, 0.29) is 18.0 Å². The van der Waals surface area contributed by atoms with Gasteiger partial charge in [0.25, 0.3) is 0 Å². The van der Waals surface area contributed by atoms with Crippen LogP contribution in [0.25, 0.3) is 0 Å². The van der Waals surface area contributed by atoms with Gasteiger partial charge in [0.1, 0.15) is 5.75 Å². The number of hydrogen-bond donors (Lipinski definition) is 1. The van der Waals surface area contributed by atoms with E-state index in [0.29, 0.717) is 16.8 Å². The zero-order valence-electron chi connectivity index (χ0n) is 14.7. The first-order valence-electron chi connectivity index (χ1n) is 8.42. The molecule has 1 saturated carbocycles. The zero-order valence-corrected chi connectivity index (χ0v) is 15.5. The van der Waals surface area contributed by atoms with Crippen LogP contribution in [-0.2, 0) is 4.79 Å². The monoisotopic (exact) mass is 361 g/mol. The zero-order chi connectivity index (χ0) is 17.8. The number of carbonyl (C=O) groups excluding carboxylic acids is 1. The maximum atomic E-state index is 12.4. The van der Waals surface area contributed by atoms with Crippen molar-refractivity contribution in [1.29, 1.82) is 0 Å². The molecule has 7 nitrogen and oxygen atoms in total. The molecule has 134 valence electrons. The minimum atomic E-state index is -0.00368. The molecule has 2 aromatic rings. The Labute approximate surface area is 151 Å². The smallest absolute Gasteiger partial charge is 0.230 e. The third kappa shape index (κ3) is 4.50. The van der Waals surface area contributed by atoms with Crippen LogP contribution in [0.15, 0.2) is 29.4 Å². The predicted octanol–water partition coefficient (Wildman–Crippen LogP) is 2.62. The molecular weight excluding hydrogens is 338 g/mol. The fourth-order valence-corrected chi connectivity index (χ4v) is 3.48. The molecule has 0 radical (unpaired) electrons. The lowest BCUT2D eigenvalue weighted by Crippen LogP contribution is -2.31. The molecule has 1 fully saturated rings. The summed E-state index contributed by atoms with van der Waals surface area (Å²) in [6, 6.07) is 8.13. The summed E-state index contributed by atoms with van der Waals surface area (Å²) in [6.07, 6.45) is 2.30. The van der Waals surface area contributed by atoms with Crippen LogP contribution in [-0.4, -0.2) is 39.0 Å². The number of carbonyl (C=O) groups is 1. The summed E-state index contributed by atoms with van der Waals surface area (Å²) in [6.45, 7) is 4.01. The molecule has 1 aliphatic carbocycles. The molecule has 1 N–H and O–H groups in total. The average Bonchev–Trinajstić information content (AvgIpc) is 3.34. The van der Waals surface area contributed by atoms with Gasteiger partial charge in [-0.1, -0.05) is 23.9 Å². The Kier molecular flexibility index (Phi) is 5.57. The molecule has 1 unspecified atom stereocenters. The molecule has 1 aromatic heterocycles. The van der Waals surface area contributed by atoms with Gasteiger partial charge in [-0.3, -0.25) is 4.79 Å². The van der Waals surface area contributed by atoms with Crippen LogP contribution >= 0.6 is 11.8 Å². The summed E-state index contributed by atoms with van der Waals surface area (Å²) >= 11 is 1.36.